The average molecular weight is 447 g/mol. The molecule has 0 aliphatic heterocycles. The lowest BCUT2D eigenvalue weighted by Crippen LogP contribution is -2.14. The SMILES string of the molecule is CC(C)(C)Cc1cc(NC(=O)Cc2ccc(-c3nn(C4CCCC4)c(N)c3C#N)cc2)on1. The number of rotatable bonds is 6. The smallest absolute Gasteiger partial charge is 0.231 e. The summed E-state index contributed by atoms with van der Waals surface area (Å²) in [6.07, 6.45) is 5.34. The minimum atomic E-state index is -0.186. The molecule has 2 aromatic heterocycles. The molecule has 1 aliphatic rings. The van der Waals surface area contributed by atoms with Gasteiger partial charge in [0.15, 0.2) is 0 Å². The first-order valence-electron chi connectivity index (χ1n) is 11.4. The molecule has 1 saturated carbocycles. The lowest BCUT2D eigenvalue weighted by Gasteiger charge is -2.14. The predicted octanol–water partition coefficient (Wildman–Crippen LogP) is 4.88. The molecule has 1 amide bonds. The van der Waals surface area contributed by atoms with Gasteiger partial charge in [0.1, 0.15) is 23.1 Å². The molecule has 1 aliphatic carbocycles. The first-order chi connectivity index (χ1) is 15.7. The van der Waals surface area contributed by atoms with Gasteiger partial charge in [-0.3, -0.25) is 10.1 Å². The molecule has 172 valence electrons. The van der Waals surface area contributed by atoms with Crippen molar-refractivity contribution in [1.29, 1.82) is 5.26 Å². The number of anilines is 2. The second-order valence-electron chi connectivity index (χ2n) is 9.95. The molecule has 8 nitrogen and oxygen atoms in total. The van der Waals surface area contributed by atoms with E-state index in [0.717, 1.165) is 48.9 Å². The van der Waals surface area contributed by atoms with Crippen molar-refractivity contribution in [1.82, 2.24) is 14.9 Å². The van der Waals surface area contributed by atoms with Gasteiger partial charge in [-0.05, 0) is 30.2 Å². The Labute approximate surface area is 193 Å². The van der Waals surface area contributed by atoms with Crippen LogP contribution in [0.1, 0.15) is 69.3 Å². The highest BCUT2D eigenvalue weighted by Crippen LogP contribution is 2.35. The van der Waals surface area contributed by atoms with Gasteiger partial charge < -0.3 is 10.3 Å². The number of carbonyl (C=O) groups is 1. The van der Waals surface area contributed by atoms with Crippen LogP contribution in [0.5, 0.6) is 0 Å². The van der Waals surface area contributed by atoms with Crippen LogP contribution in [-0.4, -0.2) is 20.8 Å². The molecular formula is C25H30N6O2. The number of carbonyl (C=O) groups excluding carboxylic acids is 1. The third-order valence-corrected chi connectivity index (χ3v) is 5.85. The van der Waals surface area contributed by atoms with Crippen molar-refractivity contribution in [2.45, 2.75) is 65.3 Å². The topological polar surface area (TPSA) is 123 Å². The molecule has 0 saturated heterocycles. The molecule has 1 aromatic carbocycles. The van der Waals surface area contributed by atoms with Crippen LogP contribution >= 0.6 is 0 Å². The number of amides is 1. The Hall–Kier alpha value is -3.60. The van der Waals surface area contributed by atoms with Crippen LogP contribution in [0.4, 0.5) is 11.7 Å². The van der Waals surface area contributed by atoms with E-state index in [1.165, 1.54) is 0 Å². The zero-order valence-corrected chi connectivity index (χ0v) is 19.4. The quantitative estimate of drug-likeness (QED) is 0.556. The molecule has 0 unspecified atom stereocenters. The highest BCUT2D eigenvalue weighted by atomic mass is 16.5. The third-order valence-electron chi connectivity index (χ3n) is 5.85. The van der Waals surface area contributed by atoms with Gasteiger partial charge in [-0.2, -0.15) is 10.4 Å². The fraction of sp³-hybridized carbons (Fsp3) is 0.440. The predicted molar refractivity (Wildman–Crippen MR) is 126 cm³/mol. The highest BCUT2D eigenvalue weighted by molar-refractivity contribution is 5.91. The molecule has 2 heterocycles. The molecule has 0 radical (unpaired) electrons. The van der Waals surface area contributed by atoms with E-state index in [0.29, 0.717) is 23.0 Å². The summed E-state index contributed by atoms with van der Waals surface area (Å²) < 4.78 is 7.06. The number of hydrogen-bond donors (Lipinski definition) is 2. The van der Waals surface area contributed by atoms with Crippen molar-refractivity contribution >= 4 is 17.6 Å². The Bertz CT molecular complexity index is 1170. The summed E-state index contributed by atoms with van der Waals surface area (Å²) in [5.41, 5.74) is 9.79. The Morgan fingerprint density at radius 1 is 1.27 bits per heavy atom. The maximum Gasteiger partial charge on any atom is 0.231 e. The molecule has 33 heavy (non-hydrogen) atoms. The Morgan fingerprint density at radius 2 is 1.97 bits per heavy atom. The Morgan fingerprint density at radius 3 is 2.61 bits per heavy atom. The number of nitrogens with two attached hydrogens (primary N) is 1. The maximum absolute atomic E-state index is 12.5. The van der Waals surface area contributed by atoms with Gasteiger partial charge in [0, 0.05) is 11.6 Å². The zero-order valence-electron chi connectivity index (χ0n) is 19.4. The van der Waals surface area contributed by atoms with Crippen molar-refractivity contribution in [2.24, 2.45) is 5.41 Å². The normalized spacial score (nSPS) is 14.4. The van der Waals surface area contributed by atoms with Crippen molar-refractivity contribution in [3.8, 4) is 17.3 Å². The summed E-state index contributed by atoms with van der Waals surface area (Å²) in [6, 6.07) is 11.7. The summed E-state index contributed by atoms with van der Waals surface area (Å²) >= 11 is 0. The second-order valence-corrected chi connectivity index (χ2v) is 9.95. The van der Waals surface area contributed by atoms with Crippen LogP contribution in [0.15, 0.2) is 34.9 Å². The second kappa shape index (κ2) is 9.10. The van der Waals surface area contributed by atoms with Gasteiger partial charge >= 0.3 is 0 Å². The number of nitrogens with zero attached hydrogens (tertiary/aromatic N) is 4. The third kappa shape index (κ3) is 5.25. The minimum Gasteiger partial charge on any atom is -0.383 e. The number of nitrogens with one attached hydrogen (secondary N) is 1. The van der Waals surface area contributed by atoms with Crippen LogP contribution in [-0.2, 0) is 17.6 Å². The van der Waals surface area contributed by atoms with Crippen LogP contribution in [0.3, 0.4) is 0 Å². The summed E-state index contributed by atoms with van der Waals surface area (Å²) in [6.45, 7) is 6.37. The molecule has 1 fully saturated rings. The van der Waals surface area contributed by atoms with Gasteiger partial charge in [-0.1, -0.05) is 63.0 Å². The molecule has 0 bridgehead atoms. The number of benzene rings is 1. The lowest BCUT2D eigenvalue weighted by atomic mass is 9.91. The summed E-state index contributed by atoms with van der Waals surface area (Å²) in [5.74, 6) is 0.594. The number of hydrogen-bond acceptors (Lipinski definition) is 6. The molecule has 3 aromatic rings. The van der Waals surface area contributed by atoms with E-state index in [9.17, 15) is 10.1 Å². The summed E-state index contributed by atoms with van der Waals surface area (Å²) in [5, 5.41) is 21.1. The summed E-state index contributed by atoms with van der Waals surface area (Å²) in [4.78, 5) is 12.5. The fourth-order valence-corrected chi connectivity index (χ4v) is 4.33. The number of nitrogen functional groups attached to an aromatic ring is 1. The minimum absolute atomic E-state index is 0.0862. The van der Waals surface area contributed by atoms with E-state index >= 15 is 0 Å². The zero-order chi connectivity index (χ0) is 23.6. The van der Waals surface area contributed by atoms with Crippen molar-refractivity contribution in [3.05, 3.63) is 47.2 Å². The molecule has 8 heteroatoms. The molecule has 0 atom stereocenters. The van der Waals surface area contributed by atoms with Crippen LogP contribution in [0.25, 0.3) is 11.3 Å². The van der Waals surface area contributed by atoms with Crippen molar-refractivity contribution in [2.75, 3.05) is 11.1 Å². The van der Waals surface area contributed by atoms with E-state index < -0.39 is 0 Å². The number of nitriles is 1. The molecule has 0 spiro atoms. The van der Waals surface area contributed by atoms with Gasteiger partial charge in [-0.15, -0.1) is 0 Å². The van der Waals surface area contributed by atoms with Gasteiger partial charge in [-0.25, -0.2) is 4.68 Å². The average Bonchev–Trinajstić information content (AvgIpc) is 3.48. The van der Waals surface area contributed by atoms with E-state index in [1.807, 2.05) is 28.9 Å². The van der Waals surface area contributed by atoms with Gasteiger partial charge in [0.2, 0.25) is 11.8 Å². The largest absolute Gasteiger partial charge is 0.383 e. The first kappa shape index (κ1) is 22.6. The maximum atomic E-state index is 12.5. The Balaban J connectivity index is 1.43. The van der Waals surface area contributed by atoms with Crippen LogP contribution < -0.4 is 11.1 Å². The lowest BCUT2D eigenvalue weighted by molar-refractivity contribution is -0.115. The van der Waals surface area contributed by atoms with Crippen LogP contribution in [0.2, 0.25) is 0 Å². The van der Waals surface area contributed by atoms with Gasteiger partial charge in [0.25, 0.3) is 0 Å². The highest BCUT2D eigenvalue weighted by Gasteiger charge is 2.24. The standard InChI is InChI=1S/C25H30N6O2/c1-25(2,3)14-18-13-22(33-30-18)28-21(32)12-16-8-10-17(11-9-16)23-20(15-26)24(27)31(29-23)19-6-4-5-7-19/h8-11,13,19H,4-7,12,14,27H2,1-3H3,(H,28,32). The first-order valence-corrected chi connectivity index (χ1v) is 11.4. The molecule has 3 N–H and O–H groups in total. The molecular weight excluding hydrogens is 416 g/mol. The van der Waals surface area contributed by atoms with Crippen molar-refractivity contribution in [3.63, 3.8) is 0 Å². The van der Waals surface area contributed by atoms with Crippen molar-refractivity contribution < 1.29 is 9.32 Å². The van der Waals surface area contributed by atoms with E-state index in [1.54, 1.807) is 6.07 Å². The van der Waals surface area contributed by atoms with E-state index in [2.05, 4.69) is 42.4 Å². The number of aromatic nitrogens is 3. The fourth-order valence-electron chi connectivity index (χ4n) is 4.33. The van der Waals surface area contributed by atoms with E-state index in [4.69, 9.17) is 10.3 Å². The Kier molecular flexibility index (Phi) is 6.23. The molecule has 4 rings (SSSR count). The van der Waals surface area contributed by atoms with E-state index in [-0.39, 0.29) is 23.8 Å². The van der Waals surface area contributed by atoms with Gasteiger partial charge in [0.05, 0.1) is 18.2 Å². The monoisotopic (exact) mass is 446 g/mol. The van der Waals surface area contributed by atoms with Crippen LogP contribution in [0, 0.1) is 16.7 Å². The summed E-state index contributed by atoms with van der Waals surface area (Å²) in [7, 11) is 0.